The van der Waals surface area contributed by atoms with Crippen LogP contribution in [0.15, 0.2) is 54.6 Å². The maximum absolute atomic E-state index is 12.3. The molecule has 3 aromatic rings. The Morgan fingerprint density at radius 1 is 1.14 bits per heavy atom. The summed E-state index contributed by atoms with van der Waals surface area (Å²) in [6, 6.07) is 16.3. The number of rotatable bonds is 3. The Bertz CT molecular complexity index is 849. The molecule has 0 atom stereocenters. The molecule has 0 aliphatic rings. The molecule has 0 aliphatic carbocycles. The summed E-state index contributed by atoms with van der Waals surface area (Å²) >= 11 is 6.05. The highest BCUT2D eigenvalue weighted by Gasteiger charge is 2.10. The van der Waals surface area contributed by atoms with Gasteiger partial charge in [0.2, 0.25) is 0 Å². The van der Waals surface area contributed by atoms with Crippen LogP contribution >= 0.6 is 11.6 Å². The molecule has 1 N–H and O–H groups in total. The number of carbonyl (C=O) groups is 1. The third-order valence-electron chi connectivity index (χ3n) is 3.24. The number of anilines is 1. The Morgan fingerprint density at radius 3 is 2.73 bits per heavy atom. The molecule has 0 radical (unpaired) electrons. The lowest BCUT2D eigenvalue weighted by Gasteiger charge is -2.08. The van der Waals surface area contributed by atoms with Gasteiger partial charge in [-0.05, 0) is 30.3 Å². The van der Waals surface area contributed by atoms with Gasteiger partial charge in [-0.25, -0.2) is 4.98 Å². The van der Waals surface area contributed by atoms with E-state index in [1.165, 1.54) is 0 Å². The average molecular weight is 313 g/mol. The highest BCUT2D eigenvalue weighted by molar-refractivity contribution is 6.32. The number of carbonyl (C=O) groups excluding carboxylic acids is 1. The van der Waals surface area contributed by atoms with E-state index in [-0.39, 0.29) is 5.91 Å². The Hall–Kier alpha value is -2.59. The van der Waals surface area contributed by atoms with Gasteiger partial charge in [0, 0.05) is 11.1 Å². The first-order valence-corrected chi connectivity index (χ1v) is 7.06. The van der Waals surface area contributed by atoms with E-state index in [0.717, 1.165) is 10.9 Å². The van der Waals surface area contributed by atoms with Gasteiger partial charge < -0.3 is 10.1 Å². The number of fused-ring (bicyclic) bond motifs is 1. The third-order valence-corrected chi connectivity index (χ3v) is 3.54. The molecule has 0 fully saturated rings. The Labute approximate surface area is 132 Å². The predicted molar refractivity (Wildman–Crippen MR) is 87.7 cm³/mol. The van der Waals surface area contributed by atoms with E-state index in [1.807, 2.05) is 30.3 Å². The van der Waals surface area contributed by atoms with Crippen LogP contribution in [-0.2, 0) is 0 Å². The number of ether oxygens (including phenoxy) is 1. The molecule has 1 amide bonds. The molecule has 5 heteroatoms. The van der Waals surface area contributed by atoms with E-state index in [4.69, 9.17) is 16.3 Å². The molecule has 110 valence electrons. The van der Waals surface area contributed by atoms with E-state index < -0.39 is 0 Å². The maximum atomic E-state index is 12.3. The van der Waals surface area contributed by atoms with Crippen LogP contribution in [0, 0.1) is 0 Å². The molecule has 0 unspecified atom stereocenters. The van der Waals surface area contributed by atoms with Crippen molar-refractivity contribution in [2.24, 2.45) is 0 Å². The number of hydrogen-bond donors (Lipinski definition) is 1. The van der Waals surface area contributed by atoms with Crippen molar-refractivity contribution in [2.45, 2.75) is 0 Å². The lowest BCUT2D eigenvalue weighted by molar-refractivity contribution is 0.102. The minimum absolute atomic E-state index is 0.285. The summed E-state index contributed by atoms with van der Waals surface area (Å²) < 4.78 is 5.08. The number of hydrogen-bond acceptors (Lipinski definition) is 3. The van der Waals surface area contributed by atoms with Crippen LogP contribution in [0.3, 0.4) is 0 Å². The third kappa shape index (κ3) is 2.87. The van der Waals surface area contributed by atoms with E-state index in [9.17, 15) is 4.79 Å². The number of amides is 1. The summed E-state index contributed by atoms with van der Waals surface area (Å²) in [6.45, 7) is 0. The second-order valence-electron chi connectivity index (χ2n) is 4.69. The first-order valence-electron chi connectivity index (χ1n) is 6.68. The number of pyridine rings is 1. The van der Waals surface area contributed by atoms with Crippen LogP contribution < -0.4 is 10.1 Å². The summed E-state index contributed by atoms with van der Waals surface area (Å²) in [4.78, 5) is 16.6. The average Bonchev–Trinajstić information content (AvgIpc) is 2.54. The van der Waals surface area contributed by atoms with Crippen molar-refractivity contribution in [2.75, 3.05) is 12.4 Å². The molecular formula is C17H13ClN2O2. The predicted octanol–water partition coefficient (Wildman–Crippen LogP) is 4.15. The molecule has 3 rings (SSSR count). The van der Waals surface area contributed by atoms with Crippen molar-refractivity contribution in [3.8, 4) is 5.75 Å². The van der Waals surface area contributed by atoms with Crippen molar-refractivity contribution in [3.63, 3.8) is 0 Å². The van der Waals surface area contributed by atoms with Crippen LogP contribution in [0.2, 0.25) is 5.02 Å². The summed E-state index contributed by atoms with van der Waals surface area (Å²) in [5, 5.41) is 4.20. The summed E-state index contributed by atoms with van der Waals surface area (Å²) in [5.74, 6) is 0.274. The molecule has 2 aromatic carbocycles. The summed E-state index contributed by atoms with van der Waals surface area (Å²) in [5.41, 5.74) is 1.72. The summed E-state index contributed by atoms with van der Waals surface area (Å²) in [6.07, 6.45) is 0. The SMILES string of the molecule is COc1ccc(NC(=O)c2ccc3ccccc3n2)cc1Cl. The van der Waals surface area contributed by atoms with Gasteiger partial charge in [-0.2, -0.15) is 0 Å². The molecule has 0 spiro atoms. The van der Waals surface area contributed by atoms with Crippen molar-refractivity contribution in [1.29, 1.82) is 0 Å². The van der Waals surface area contributed by atoms with E-state index in [1.54, 1.807) is 31.4 Å². The van der Waals surface area contributed by atoms with E-state index in [0.29, 0.717) is 22.2 Å². The zero-order valence-corrected chi connectivity index (χ0v) is 12.6. The lowest BCUT2D eigenvalue weighted by atomic mass is 10.2. The van der Waals surface area contributed by atoms with Crippen molar-refractivity contribution in [1.82, 2.24) is 4.98 Å². The normalized spacial score (nSPS) is 10.5. The molecule has 4 nitrogen and oxygen atoms in total. The van der Waals surface area contributed by atoms with Crippen LogP contribution in [0.1, 0.15) is 10.5 Å². The highest BCUT2D eigenvalue weighted by atomic mass is 35.5. The molecular weight excluding hydrogens is 300 g/mol. The maximum Gasteiger partial charge on any atom is 0.274 e. The van der Waals surface area contributed by atoms with Gasteiger partial charge in [-0.3, -0.25) is 4.79 Å². The van der Waals surface area contributed by atoms with Gasteiger partial charge in [0.05, 0.1) is 17.6 Å². The molecule has 0 bridgehead atoms. The number of nitrogens with one attached hydrogen (secondary N) is 1. The number of methoxy groups -OCH3 is 1. The largest absolute Gasteiger partial charge is 0.495 e. The second-order valence-corrected chi connectivity index (χ2v) is 5.10. The van der Waals surface area contributed by atoms with Crippen molar-refractivity contribution in [3.05, 3.63) is 65.3 Å². The highest BCUT2D eigenvalue weighted by Crippen LogP contribution is 2.27. The van der Waals surface area contributed by atoms with Crippen molar-refractivity contribution < 1.29 is 9.53 Å². The van der Waals surface area contributed by atoms with Crippen LogP contribution in [-0.4, -0.2) is 18.0 Å². The Balaban J connectivity index is 1.85. The van der Waals surface area contributed by atoms with Crippen LogP contribution in [0.25, 0.3) is 10.9 Å². The second kappa shape index (κ2) is 6.03. The zero-order valence-electron chi connectivity index (χ0n) is 11.8. The number of para-hydroxylation sites is 1. The lowest BCUT2D eigenvalue weighted by Crippen LogP contribution is -2.13. The molecule has 1 aromatic heterocycles. The minimum Gasteiger partial charge on any atom is -0.495 e. The fourth-order valence-electron chi connectivity index (χ4n) is 2.13. The number of halogens is 1. The Kier molecular flexibility index (Phi) is 3.94. The molecule has 1 heterocycles. The fourth-order valence-corrected chi connectivity index (χ4v) is 2.39. The van der Waals surface area contributed by atoms with Gasteiger partial charge in [0.25, 0.3) is 5.91 Å². The van der Waals surface area contributed by atoms with E-state index >= 15 is 0 Å². The molecule has 0 aliphatic heterocycles. The van der Waals surface area contributed by atoms with E-state index in [2.05, 4.69) is 10.3 Å². The smallest absolute Gasteiger partial charge is 0.274 e. The minimum atomic E-state index is -0.285. The molecule has 0 saturated carbocycles. The first-order chi connectivity index (χ1) is 10.7. The van der Waals surface area contributed by atoms with Crippen molar-refractivity contribution >= 4 is 34.1 Å². The number of aromatic nitrogens is 1. The first kappa shape index (κ1) is 14.4. The molecule has 22 heavy (non-hydrogen) atoms. The van der Waals surface area contributed by atoms with Gasteiger partial charge in [0.1, 0.15) is 11.4 Å². The number of benzene rings is 2. The topological polar surface area (TPSA) is 51.2 Å². The zero-order chi connectivity index (χ0) is 15.5. The van der Waals surface area contributed by atoms with Gasteiger partial charge >= 0.3 is 0 Å². The molecule has 0 saturated heterocycles. The summed E-state index contributed by atoms with van der Waals surface area (Å²) in [7, 11) is 1.54. The van der Waals surface area contributed by atoms with Gasteiger partial charge in [-0.15, -0.1) is 0 Å². The Morgan fingerprint density at radius 2 is 1.95 bits per heavy atom. The van der Waals surface area contributed by atoms with Gasteiger partial charge in [-0.1, -0.05) is 35.9 Å². The number of nitrogens with zero attached hydrogens (tertiary/aromatic N) is 1. The van der Waals surface area contributed by atoms with Crippen LogP contribution in [0.4, 0.5) is 5.69 Å². The monoisotopic (exact) mass is 312 g/mol. The quantitative estimate of drug-likeness (QED) is 0.790. The standard InChI is InChI=1S/C17H13ClN2O2/c1-22-16-9-7-12(10-13(16)18)19-17(21)15-8-6-11-4-2-3-5-14(11)20-15/h2-10H,1H3,(H,19,21). The van der Waals surface area contributed by atoms with Crippen LogP contribution in [0.5, 0.6) is 5.75 Å². The van der Waals surface area contributed by atoms with Gasteiger partial charge in [0.15, 0.2) is 0 Å². The fraction of sp³-hybridized carbons (Fsp3) is 0.0588.